The molecule has 4 nitrogen and oxygen atoms in total. The van der Waals surface area contributed by atoms with E-state index >= 15 is 0 Å². The minimum atomic E-state index is 0.129. The van der Waals surface area contributed by atoms with Crippen molar-refractivity contribution in [2.24, 2.45) is 10.8 Å². The molecule has 0 aliphatic rings. The Morgan fingerprint density at radius 2 is 2.38 bits per heavy atom. The lowest BCUT2D eigenvalue weighted by atomic mass is 10.1. The van der Waals surface area contributed by atoms with E-state index in [-0.39, 0.29) is 5.11 Å². The first kappa shape index (κ1) is 12.4. The van der Waals surface area contributed by atoms with Crippen LogP contribution in [0.25, 0.3) is 0 Å². The standard InChI is InChI=1S/C11H15N3OS/c1-2-3-9-6-8(4-5-10(9)15)7-13-14-11(12)16/h4-7,15H,2-3H2,1H3,(H3,12,14,16). The number of nitrogens with zero attached hydrogens (tertiary/aromatic N) is 1. The lowest BCUT2D eigenvalue weighted by molar-refractivity contribution is 0.467. The molecule has 0 heterocycles. The molecule has 16 heavy (non-hydrogen) atoms. The maximum atomic E-state index is 9.58. The fourth-order valence-electron chi connectivity index (χ4n) is 1.33. The third-order valence-corrected chi connectivity index (χ3v) is 2.10. The van der Waals surface area contributed by atoms with Crippen LogP contribution in [0.2, 0.25) is 0 Å². The van der Waals surface area contributed by atoms with Crippen molar-refractivity contribution in [2.75, 3.05) is 0 Å². The van der Waals surface area contributed by atoms with Gasteiger partial charge >= 0.3 is 0 Å². The van der Waals surface area contributed by atoms with Crippen molar-refractivity contribution < 1.29 is 5.11 Å². The number of phenolic OH excluding ortho intramolecular Hbond substituents is 1. The van der Waals surface area contributed by atoms with Crippen LogP contribution in [0.15, 0.2) is 23.3 Å². The molecule has 86 valence electrons. The van der Waals surface area contributed by atoms with E-state index in [4.69, 9.17) is 5.73 Å². The fraction of sp³-hybridized carbons (Fsp3) is 0.273. The summed E-state index contributed by atoms with van der Waals surface area (Å²) >= 11 is 4.61. The Bertz CT molecular complexity index is 404. The first-order chi connectivity index (χ1) is 7.63. The Balaban J connectivity index is 2.77. The second-order valence-electron chi connectivity index (χ2n) is 3.37. The molecule has 0 saturated carbocycles. The van der Waals surface area contributed by atoms with Gasteiger partial charge in [-0.2, -0.15) is 5.10 Å². The second kappa shape index (κ2) is 6.07. The zero-order valence-electron chi connectivity index (χ0n) is 9.10. The molecule has 0 amide bonds. The van der Waals surface area contributed by atoms with Gasteiger partial charge in [0.05, 0.1) is 6.21 Å². The van der Waals surface area contributed by atoms with Crippen LogP contribution in [0.1, 0.15) is 24.5 Å². The Labute approximate surface area is 100 Å². The summed E-state index contributed by atoms with van der Waals surface area (Å²) in [6.45, 7) is 2.06. The molecule has 1 aromatic carbocycles. The maximum absolute atomic E-state index is 9.58. The molecule has 1 rings (SSSR count). The van der Waals surface area contributed by atoms with Crippen molar-refractivity contribution in [1.29, 1.82) is 0 Å². The molecule has 0 radical (unpaired) electrons. The highest BCUT2D eigenvalue weighted by Gasteiger charge is 2.00. The Morgan fingerprint density at radius 1 is 1.62 bits per heavy atom. The van der Waals surface area contributed by atoms with E-state index in [0.29, 0.717) is 5.75 Å². The van der Waals surface area contributed by atoms with Crippen molar-refractivity contribution in [3.63, 3.8) is 0 Å². The SMILES string of the molecule is CCCc1cc(C=NNC(N)=S)ccc1O. The van der Waals surface area contributed by atoms with Crippen LogP contribution in [-0.2, 0) is 6.42 Å². The predicted molar refractivity (Wildman–Crippen MR) is 69.6 cm³/mol. The summed E-state index contributed by atoms with van der Waals surface area (Å²) in [5.41, 5.74) is 9.51. The van der Waals surface area contributed by atoms with Gasteiger partial charge in [-0.3, -0.25) is 5.43 Å². The van der Waals surface area contributed by atoms with E-state index in [1.165, 1.54) is 0 Å². The summed E-state index contributed by atoms with van der Waals surface area (Å²) in [5, 5.41) is 13.6. The molecular formula is C11H15N3OS. The van der Waals surface area contributed by atoms with Gasteiger partial charge in [-0.1, -0.05) is 13.3 Å². The van der Waals surface area contributed by atoms with Crippen LogP contribution in [0.4, 0.5) is 0 Å². The quantitative estimate of drug-likeness (QED) is 0.422. The summed E-state index contributed by atoms with van der Waals surface area (Å²) < 4.78 is 0. The van der Waals surface area contributed by atoms with Crippen molar-refractivity contribution >= 4 is 23.5 Å². The summed E-state index contributed by atoms with van der Waals surface area (Å²) in [7, 11) is 0. The van der Waals surface area contributed by atoms with E-state index in [9.17, 15) is 5.11 Å². The molecule has 0 saturated heterocycles. The highest BCUT2D eigenvalue weighted by molar-refractivity contribution is 7.80. The number of phenols is 1. The van der Waals surface area contributed by atoms with Gasteiger partial charge in [-0.05, 0) is 48.0 Å². The van der Waals surface area contributed by atoms with E-state index in [2.05, 4.69) is 29.7 Å². The maximum Gasteiger partial charge on any atom is 0.184 e. The average molecular weight is 237 g/mol. The summed E-state index contributed by atoms with van der Waals surface area (Å²) in [6.07, 6.45) is 3.44. The third kappa shape index (κ3) is 3.86. The van der Waals surface area contributed by atoms with Crippen molar-refractivity contribution in [2.45, 2.75) is 19.8 Å². The van der Waals surface area contributed by atoms with Crippen molar-refractivity contribution in [1.82, 2.24) is 5.43 Å². The number of nitrogens with two attached hydrogens (primary N) is 1. The minimum Gasteiger partial charge on any atom is -0.508 e. The molecule has 0 aliphatic heterocycles. The molecule has 0 aliphatic carbocycles. The number of aryl methyl sites for hydroxylation is 1. The number of thiocarbonyl (C=S) groups is 1. The van der Waals surface area contributed by atoms with Gasteiger partial charge in [-0.25, -0.2) is 0 Å². The molecule has 0 atom stereocenters. The Morgan fingerprint density at radius 3 is 3.00 bits per heavy atom. The number of hydrogen-bond acceptors (Lipinski definition) is 3. The van der Waals surface area contributed by atoms with Crippen molar-refractivity contribution in [3.8, 4) is 5.75 Å². The number of hydrogen-bond donors (Lipinski definition) is 3. The Kier molecular flexibility index (Phi) is 4.72. The molecule has 4 N–H and O–H groups in total. The fourth-order valence-corrected chi connectivity index (χ4v) is 1.38. The van der Waals surface area contributed by atoms with Crippen LogP contribution < -0.4 is 11.2 Å². The third-order valence-electron chi connectivity index (χ3n) is 2.01. The Hall–Kier alpha value is -1.62. The van der Waals surface area contributed by atoms with E-state index in [1.54, 1.807) is 18.3 Å². The topological polar surface area (TPSA) is 70.6 Å². The van der Waals surface area contributed by atoms with Crippen molar-refractivity contribution in [3.05, 3.63) is 29.3 Å². The zero-order chi connectivity index (χ0) is 12.0. The predicted octanol–water partition coefficient (Wildman–Crippen LogP) is 1.51. The van der Waals surface area contributed by atoms with Gasteiger partial charge in [0.2, 0.25) is 0 Å². The lowest BCUT2D eigenvalue weighted by Crippen LogP contribution is -2.23. The minimum absolute atomic E-state index is 0.129. The van der Waals surface area contributed by atoms with E-state index in [0.717, 1.165) is 24.0 Å². The number of benzene rings is 1. The zero-order valence-corrected chi connectivity index (χ0v) is 9.92. The van der Waals surface area contributed by atoms with Crippen LogP contribution in [-0.4, -0.2) is 16.4 Å². The highest BCUT2D eigenvalue weighted by atomic mass is 32.1. The second-order valence-corrected chi connectivity index (χ2v) is 3.81. The van der Waals surface area contributed by atoms with Gasteiger partial charge < -0.3 is 10.8 Å². The van der Waals surface area contributed by atoms with Crippen LogP contribution in [0.5, 0.6) is 5.75 Å². The molecule has 0 unspecified atom stereocenters. The summed E-state index contributed by atoms with van der Waals surface area (Å²) in [4.78, 5) is 0. The first-order valence-corrected chi connectivity index (χ1v) is 5.44. The van der Waals surface area contributed by atoms with Gasteiger partial charge in [0.1, 0.15) is 5.75 Å². The van der Waals surface area contributed by atoms with E-state index in [1.807, 2.05) is 6.07 Å². The smallest absolute Gasteiger partial charge is 0.184 e. The normalized spacial score (nSPS) is 10.6. The molecular weight excluding hydrogens is 222 g/mol. The molecule has 0 fully saturated rings. The van der Waals surface area contributed by atoms with Crippen LogP contribution >= 0.6 is 12.2 Å². The van der Waals surface area contributed by atoms with Gasteiger partial charge in [0, 0.05) is 0 Å². The monoisotopic (exact) mass is 237 g/mol. The van der Waals surface area contributed by atoms with E-state index < -0.39 is 0 Å². The number of hydrazone groups is 1. The number of aromatic hydroxyl groups is 1. The number of nitrogens with one attached hydrogen (secondary N) is 1. The van der Waals surface area contributed by atoms with Gasteiger partial charge in [-0.15, -0.1) is 0 Å². The van der Waals surface area contributed by atoms with Gasteiger partial charge in [0.25, 0.3) is 0 Å². The van der Waals surface area contributed by atoms with Gasteiger partial charge in [0.15, 0.2) is 5.11 Å². The molecule has 0 spiro atoms. The van der Waals surface area contributed by atoms with Crippen LogP contribution in [0.3, 0.4) is 0 Å². The molecule has 1 aromatic rings. The molecule has 5 heteroatoms. The highest BCUT2D eigenvalue weighted by Crippen LogP contribution is 2.19. The lowest BCUT2D eigenvalue weighted by Gasteiger charge is -2.03. The largest absolute Gasteiger partial charge is 0.508 e. The molecule has 0 aromatic heterocycles. The summed E-state index contributed by atoms with van der Waals surface area (Å²) in [5.74, 6) is 0.321. The number of rotatable bonds is 4. The molecule has 0 bridgehead atoms. The first-order valence-electron chi connectivity index (χ1n) is 5.04. The van der Waals surface area contributed by atoms with Crippen LogP contribution in [0, 0.1) is 0 Å². The summed E-state index contributed by atoms with van der Waals surface area (Å²) in [6, 6.07) is 5.33. The average Bonchev–Trinajstić information content (AvgIpc) is 2.22.